The fourth-order valence-corrected chi connectivity index (χ4v) is 1.81. The van der Waals surface area contributed by atoms with Gasteiger partial charge in [0.05, 0.1) is 5.92 Å². The Morgan fingerprint density at radius 1 is 1.44 bits per heavy atom. The van der Waals surface area contributed by atoms with E-state index in [0.29, 0.717) is 11.8 Å². The summed E-state index contributed by atoms with van der Waals surface area (Å²) in [7, 11) is 0. The van der Waals surface area contributed by atoms with Crippen LogP contribution in [-0.4, -0.2) is 25.5 Å². The molecule has 1 aliphatic rings. The number of hydrogen-bond donors (Lipinski definition) is 2. The molecular formula is C13H26N2O. The molecule has 1 saturated heterocycles. The number of nitrogens with one attached hydrogen (secondary N) is 2. The van der Waals surface area contributed by atoms with Crippen LogP contribution in [0.3, 0.4) is 0 Å². The number of hydrogen-bond acceptors (Lipinski definition) is 2. The van der Waals surface area contributed by atoms with Crippen LogP contribution in [-0.2, 0) is 4.79 Å². The number of amides is 1. The molecule has 1 heterocycles. The number of rotatable bonds is 4. The van der Waals surface area contributed by atoms with Gasteiger partial charge in [-0.05, 0) is 23.8 Å². The molecule has 3 heteroatoms. The predicted octanol–water partition coefficient (Wildman–Crippen LogP) is 1.64. The molecule has 1 amide bonds. The third kappa shape index (κ3) is 3.21. The van der Waals surface area contributed by atoms with Gasteiger partial charge in [0.1, 0.15) is 0 Å². The standard InChI is InChI=1S/C13H26N2O/c1-9(2)13(4,5)8-15-12(16)11-7-14-6-10(11)3/h9-11,14H,6-8H2,1-5H3,(H,15,16)/t10-,11-/m1/s1. The van der Waals surface area contributed by atoms with Crippen LogP contribution in [0.2, 0.25) is 0 Å². The zero-order valence-corrected chi connectivity index (χ0v) is 11.3. The van der Waals surface area contributed by atoms with Gasteiger partial charge in [0.2, 0.25) is 5.91 Å². The second kappa shape index (κ2) is 5.17. The summed E-state index contributed by atoms with van der Waals surface area (Å²) in [4.78, 5) is 12.0. The minimum Gasteiger partial charge on any atom is -0.355 e. The molecular weight excluding hydrogens is 200 g/mol. The van der Waals surface area contributed by atoms with E-state index in [1.54, 1.807) is 0 Å². The summed E-state index contributed by atoms with van der Waals surface area (Å²) in [6.07, 6.45) is 0. The lowest BCUT2D eigenvalue weighted by Gasteiger charge is -2.30. The van der Waals surface area contributed by atoms with Crippen molar-refractivity contribution < 1.29 is 4.79 Å². The summed E-state index contributed by atoms with van der Waals surface area (Å²) in [6, 6.07) is 0. The maximum atomic E-state index is 12.0. The minimum atomic E-state index is 0.156. The quantitative estimate of drug-likeness (QED) is 0.765. The molecule has 2 N–H and O–H groups in total. The molecule has 0 aromatic heterocycles. The first-order valence-corrected chi connectivity index (χ1v) is 6.33. The third-order valence-electron chi connectivity index (χ3n) is 4.14. The van der Waals surface area contributed by atoms with Crippen LogP contribution in [0.5, 0.6) is 0 Å². The van der Waals surface area contributed by atoms with Crippen molar-refractivity contribution in [1.29, 1.82) is 0 Å². The first kappa shape index (κ1) is 13.5. The van der Waals surface area contributed by atoms with Crippen LogP contribution < -0.4 is 10.6 Å². The maximum absolute atomic E-state index is 12.0. The van der Waals surface area contributed by atoms with Gasteiger partial charge in [-0.3, -0.25) is 4.79 Å². The average molecular weight is 226 g/mol. The van der Waals surface area contributed by atoms with Crippen molar-refractivity contribution in [2.45, 2.75) is 34.6 Å². The molecule has 2 atom stereocenters. The van der Waals surface area contributed by atoms with E-state index >= 15 is 0 Å². The molecule has 0 aliphatic carbocycles. The van der Waals surface area contributed by atoms with Crippen molar-refractivity contribution in [3.63, 3.8) is 0 Å². The van der Waals surface area contributed by atoms with E-state index in [1.807, 2.05) is 0 Å². The molecule has 3 nitrogen and oxygen atoms in total. The predicted molar refractivity (Wildman–Crippen MR) is 67.2 cm³/mol. The average Bonchev–Trinajstić information content (AvgIpc) is 2.61. The first-order valence-electron chi connectivity index (χ1n) is 6.33. The van der Waals surface area contributed by atoms with Crippen molar-refractivity contribution in [1.82, 2.24) is 10.6 Å². The topological polar surface area (TPSA) is 41.1 Å². The van der Waals surface area contributed by atoms with Gasteiger partial charge in [-0.2, -0.15) is 0 Å². The molecule has 0 unspecified atom stereocenters. The monoisotopic (exact) mass is 226 g/mol. The molecule has 16 heavy (non-hydrogen) atoms. The van der Waals surface area contributed by atoms with Crippen LogP contribution in [0.4, 0.5) is 0 Å². The molecule has 1 aliphatic heterocycles. The Morgan fingerprint density at radius 3 is 2.50 bits per heavy atom. The van der Waals surface area contributed by atoms with E-state index in [0.717, 1.165) is 19.6 Å². The zero-order chi connectivity index (χ0) is 12.3. The van der Waals surface area contributed by atoms with Gasteiger partial charge in [0.25, 0.3) is 0 Å². The molecule has 0 aromatic carbocycles. The van der Waals surface area contributed by atoms with E-state index in [-0.39, 0.29) is 17.2 Å². The summed E-state index contributed by atoms with van der Waals surface area (Å²) in [5.41, 5.74) is 0.172. The van der Waals surface area contributed by atoms with Crippen LogP contribution in [0.15, 0.2) is 0 Å². The van der Waals surface area contributed by atoms with E-state index < -0.39 is 0 Å². The summed E-state index contributed by atoms with van der Waals surface area (Å²) in [5, 5.41) is 6.36. The van der Waals surface area contributed by atoms with Crippen molar-refractivity contribution >= 4 is 5.91 Å². The largest absolute Gasteiger partial charge is 0.355 e. The highest BCUT2D eigenvalue weighted by Gasteiger charge is 2.31. The van der Waals surface area contributed by atoms with Crippen molar-refractivity contribution in [3.05, 3.63) is 0 Å². The number of carbonyl (C=O) groups is 1. The Hall–Kier alpha value is -0.570. The zero-order valence-electron chi connectivity index (χ0n) is 11.3. The van der Waals surface area contributed by atoms with Crippen molar-refractivity contribution in [2.24, 2.45) is 23.2 Å². The van der Waals surface area contributed by atoms with Gasteiger partial charge in [0, 0.05) is 13.1 Å². The van der Waals surface area contributed by atoms with E-state index in [9.17, 15) is 4.79 Å². The Labute approximate surface area is 99.4 Å². The van der Waals surface area contributed by atoms with Gasteiger partial charge >= 0.3 is 0 Å². The third-order valence-corrected chi connectivity index (χ3v) is 4.14. The van der Waals surface area contributed by atoms with Crippen molar-refractivity contribution in [2.75, 3.05) is 19.6 Å². The molecule has 0 spiro atoms. The normalized spacial score (nSPS) is 26.1. The highest BCUT2D eigenvalue weighted by Crippen LogP contribution is 2.25. The molecule has 0 radical (unpaired) electrons. The number of carbonyl (C=O) groups excluding carboxylic acids is 1. The van der Waals surface area contributed by atoms with Gasteiger partial charge in [0.15, 0.2) is 0 Å². The summed E-state index contributed by atoms with van der Waals surface area (Å²) < 4.78 is 0. The molecule has 1 fully saturated rings. The Bertz CT molecular complexity index is 248. The molecule has 0 aromatic rings. The van der Waals surface area contributed by atoms with Crippen molar-refractivity contribution in [3.8, 4) is 0 Å². The SMILES string of the molecule is CC(C)C(C)(C)CNC(=O)[C@@H]1CNC[C@H]1C. The Morgan fingerprint density at radius 2 is 2.06 bits per heavy atom. The fourth-order valence-electron chi connectivity index (χ4n) is 1.81. The summed E-state index contributed by atoms with van der Waals surface area (Å²) in [5.74, 6) is 1.41. The second-order valence-corrected chi connectivity index (χ2v) is 6.10. The molecule has 0 saturated carbocycles. The minimum absolute atomic E-state index is 0.156. The van der Waals surface area contributed by atoms with Crippen LogP contribution in [0.25, 0.3) is 0 Å². The van der Waals surface area contributed by atoms with Crippen LogP contribution in [0.1, 0.15) is 34.6 Å². The smallest absolute Gasteiger partial charge is 0.224 e. The fraction of sp³-hybridized carbons (Fsp3) is 0.923. The summed E-state index contributed by atoms with van der Waals surface area (Å²) >= 11 is 0. The van der Waals surface area contributed by atoms with Gasteiger partial charge < -0.3 is 10.6 Å². The van der Waals surface area contributed by atoms with E-state index in [2.05, 4.69) is 45.3 Å². The van der Waals surface area contributed by atoms with Gasteiger partial charge in [-0.25, -0.2) is 0 Å². The lowest BCUT2D eigenvalue weighted by Crippen LogP contribution is -2.41. The Balaban J connectivity index is 2.41. The molecule has 0 bridgehead atoms. The highest BCUT2D eigenvalue weighted by molar-refractivity contribution is 5.79. The molecule has 1 rings (SSSR count). The first-order chi connectivity index (χ1) is 7.34. The molecule has 94 valence electrons. The van der Waals surface area contributed by atoms with E-state index in [1.165, 1.54) is 0 Å². The second-order valence-electron chi connectivity index (χ2n) is 6.10. The van der Waals surface area contributed by atoms with Gasteiger partial charge in [-0.15, -0.1) is 0 Å². The maximum Gasteiger partial charge on any atom is 0.224 e. The summed E-state index contributed by atoms with van der Waals surface area (Å²) in [6.45, 7) is 13.5. The van der Waals surface area contributed by atoms with Crippen LogP contribution in [0, 0.1) is 23.2 Å². The lowest BCUT2D eigenvalue weighted by atomic mass is 9.81. The van der Waals surface area contributed by atoms with Gasteiger partial charge in [-0.1, -0.05) is 34.6 Å². The highest BCUT2D eigenvalue weighted by atomic mass is 16.1. The Kier molecular flexibility index (Phi) is 4.36. The lowest BCUT2D eigenvalue weighted by molar-refractivity contribution is -0.125. The van der Waals surface area contributed by atoms with E-state index in [4.69, 9.17) is 0 Å². The van der Waals surface area contributed by atoms with Crippen LogP contribution >= 0.6 is 0 Å².